The van der Waals surface area contributed by atoms with Crippen molar-refractivity contribution in [2.24, 2.45) is 0 Å². The van der Waals surface area contributed by atoms with Gasteiger partial charge >= 0.3 is 0 Å². The van der Waals surface area contributed by atoms with Crippen molar-refractivity contribution < 1.29 is 4.42 Å². The van der Waals surface area contributed by atoms with Crippen LogP contribution in [-0.4, -0.2) is 15.0 Å². The van der Waals surface area contributed by atoms with E-state index >= 15 is 0 Å². The number of aromatic nitrogens is 3. The maximum absolute atomic E-state index is 5.88. The van der Waals surface area contributed by atoms with Crippen molar-refractivity contribution in [2.75, 3.05) is 0 Å². The Morgan fingerprint density at radius 3 is 2.61 bits per heavy atom. The van der Waals surface area contributed by atoms with Crippen LogP contribution in [0.4, 0.5) is 0 Å². The first-order valence-electron chi connectivity index (χ1n) is 7.37. The third kappa shape index (κ3) is 1.75. The molecule has 0 saturated carbocycles. The molecule has 5 aromatic rings. The molecule has 108 valence electrons. The van der Waals surface area contributed by atoms with Gasteiger partial charge in [-0.15, -0.1) is 0 Å². The predicted octanol–water partition coefficient (Wildman–Crippen LogP) is 4.59. The molecule has 0 spiro atoms. The SMILES string of the molecule is c1cnc2c(-c3cccc4oc5cncnc5c34)cccc2c1. The first-order chi connectivity index (χ1) is 11.4. The van der Waals surface area contributed by atoms with E-state index in [4.69, 9.17) is 4.42 Å². The third-order valence-electron chi connectivity index (χ3n) is 4.08. The summed E-state index contributed by atoms with van der Waals surface area (Å²) in [4.78, 5) is 13.0. The topological polar surface area (TPSA) is 51.8 Å². The zero-order valence-electron chi connectivity index (χ0n) is 12.1. The number of benzene rings is 2. The van der Waals surface area contributed by atoms with Crippen LogP contribution in [0.5, 0.6) is 0 Å². The van der Waals surface area contributed by atoms with E-state index in [0.717, 1.165) is 38.5 Å². The summed E-state index contributed by atoms with van der Waals surface area (Å²) in [7, 11) is 0. The van der Waals surface area contributed by atoms with Gasteiger partial charge in [-0.3, -0.25) is 4.98 Å². The molecule has 5 rings (SSSR count). The number of pyridine rings is 1. The number of rotatable bonds is 1. The molecule has 0 amide bonds. The standard InChI is InChI=1S/C19H11N3O/c1-4-12-5-3-9-21-18(12)14(7-1)13-6-2-8-15-17(13)19-16(23-15)10-20-11-22-19/h1-11H. The average Bonchev–Trinajstić information content (AvgIpc) is 3.00. The van der Waals surface area contributed by atoms with Gasteiger partial charge in [-0.25, -0.2) is 9.97 Å². The number of hydrogen-bond acceptors (Lipinski definition) is 4. The highest BCUT2D eigenvalue weighted by atomic mass is 16.3. The minimum atomic E-state index is 0.697. The van der Waals surface area contributed by atoms with Crippen molar-refractivity contribution in [2.45, 2.75) is 0 Å². The molecule has 0 saturated heterocycles. The summed E-state index contributed by atoms with van der Waals surface area (Å²) in [6.45, 7) is 0. The summed E-state index contributed by atoms with van der Waals surface area (Å²) >= 11 is 0. The van der Waals surface area contributed by atoms with Crippen molar-refractivity contribution in [3.63, 3.8) is 0 Å². The normalized spacial score (nSPS) is 11.5. The molecular weight excluding hydrogens is 286 g/mol. The summed E-state index contributed by atoms with van der Waals surface area (Å²) in [6, 6.07) is 16.3. The van der Waals surface area contributed by atoms with Gasteiger partial charge in [0.05, 0.1) is 17.1 Å². The van der Waals surface area contributed by atoms with Gasteiger partial charge in [0.1, 0.15) is 17.4 Å². The number of furan rings is 1. The predicted molar refractivity (Wildman–Crippen MR) is 90.0 cm³/mol. The molecule has 0 unspecified atom stereocenters. The Hall–Kier alpha value is -3.27. The molecule has 0 bridgehead atoms. The minimum Gasteiger partial charge on any atom is -0.453 e. The Bertz CT molecular complexity index is 1170. The van der Waals surface area contributed by atoms with E-state index < -0.39 is 0 Å². The lowest BCUT2D eigenvalue weighted by Gasteiger charge is -2.07. The van der Waals surface area contributed by atoms with Gasteiger partial charge in [0.2, 0.25) is 0 Å². The van der Waals surface area contributed by atoms with Gasteiger partial charge in [-0.1, -0.05) is 36.4 Å². The summed E-state index contributed by atoms with van der Waals surface area (Å²) < 4.78 is 5.88. The van der Waals surface area contributed by atoms with Crippen LogP contribution in [0.25, 0.3) is 44.1 Å². The molecule has 3 aromatic heterocycles. The first-order valence-corrected chi connectivity index (χ1v) is 7.37. The fourth-order valence-corrected chi connectivity index (χ4v) is 3.10. The quantitative estimate of drug-likeness (QED) is 0.454. The molecule has 0 aliphatic rings. The zero-order chi connectivity index (χ0) is 15.2. The smallest absolute Gasteiger partial charge is 0.172 e. The van der Waals surface area contributed by atoms with Crippen LogP contribution in [0.1, 0.15) is 0 Å². The second kappa shape index (κ2) is 4.61. The summed E-state index contributed by atoms with van der Waals surface area (Å²) in [5.74, 6) is 0. The maximum Gasteiger partial charge on any atom is 0.172 e. The van der Waals surface area contributed by atoms with Gasteiger partial charge in [0.25, 0.3) is 0 Å². The van der Waals surface area contributed by atoms with E-state index in [0.29, 0.717) is 5.58 Å². The van der Waals surface area contributed by atoms with Crippen LogP contribution in [0.3, 0.4) is 0 Å². The van der Waals surface area contributed by atoms with E-state index in [1.165, 1.54) is 0 Å². The van der Waals surface area contributed by atoms with E-state index in [1.807, 2.05) is 24.4 Å². The summed E-state index contributed by atoms with van der Waals surface area (Å²) in [5, 5.41) is 2.12. The van der Waals surface area contributed by atoms with Crippen molar-refractivity contribution >= 4 is 33.0 Å². The third-order valence-corrected chi connectivity index (χ3v) is 4.08. The van der Waals surface area contributed by atoms with Crippen LogP contribution in [0.15, 0.2) is 71.7 Å². The van der Waals surface area contributed by atoms with Crippen LogP contribution < -0.4 is 0 Å². The van der Waals surface area contributed by atoms with Gasteiger partial charge in [0.15, 0.2) is 5.58 Å². The van der Waals surface area contributed by atoms with E-state index in [-0.39, 0.29) is 0 Å². The summed E-state index contributed by atoms with van der Waals surface area (Å²) in [5.41, 5.74) is 5.47. The van der Waals surface area contributed by atoms with Crippen molar-refractivity contribution in [3.05, 3.63) is 67.3 Å². The van der Waals surface area contributed by atoms with Gasteiger partial charge in [-0.2, -0.15) is 0 Å². The molecule has 4 heteroatoms. The molecule has 0 atom stereocenters. The van der Waals surface area contributed by atoms with Crippen LogP contribution in [0, 0.1) is 0 Å². The van der Waals surface area contributed by atoms with Crippen LogP contribution >= 0.6 is 0 Å². The minimum absolute atomic E-state index is 0.697. The number of nitrogens with zero attached hydrogens (tertiary/aromatic N) is 3. The monoisotopic (exact) mass is 297 g/mol. The number of fused-ring (bicyclic) bond motifs is 4. The van der Waals surface area contributed by atoms with Crippen molar-refractivity contribution in [1.82, 2.24) is 15.0 Å². The van der Waals surface area contributed by atoms with Crippen molar-refractivity contribution in [3.8, 4) is 11.1 Å². The van der Waals surface area contributed by atoms with Gasteiger partial charge in [0, 0.05) is 17.1 Å². The molecule has 0 aliphatic carbocycles. The van der Waals surface area contributed by atoms with Gasteiger partial charge < -0.3 is 4.42 Å². The maximum atomic E-state index is 5.88. The van der Waals surface area contributed by atoms with Crippen molar-refractivity contribution in [1.29, 1.82) is 0 Å². The van der Waals surface area contributed by atoms with E-state index in [1.54, 1.807) is 12.5 Å². The summed E-state index contributed by atoms with van der Waals surface area (Å²) in [6.07, 6.45) is 5.07. The molecule has 23 heavy (non-hydrogen) atoms. The zero-order valence-corrected chi connectivity index (χ0v) is 12.1. The molecule has 0 N–H and O–H groups in total. The van der Waals surface area contributed by atoms with E-state index in [9.17, 15) is 0 Å². The largest absolute Gasteiger partial charge is 0.453 e. The highest BCUT2D eigenvalue weighted by Crippen LogP contribution is 2.37. The fraction of sp³-hybridized carbons (Fsp3) is 0. The molecule has 2 aromatic carbocycles. The molecular formula is C19H11N3O. The molecule has 4 nitrogen and oxygen atoms in total. The van der Waals surface area contributed by atoms with Gasteiger partial charge in [-0.05, 0) is 17.7 Å². The van der Waals surface area contributed by atoms with Crippen LogP contribution in [-0.2, 0) is 0 Å². The molecule has 3 heterocycles. The second-order valence-corrected chi connectivity index (χ2v) is 5.40. The highest BCUT2D eigenvalue weighted by Gasteiger charge is 2.15. The lowest BCUT2D eigenvalue weighted by atomic mass is 9.98. The van der Waals surface area contributed by atoms with E-state index in [2.05, 4.69) is 45.3 Å². The first kappa shape index (κ1) is 12.3. The molecule has 0 aliphatic heterocycles. The lowest BCUT2D eigenvalue weighted by molar-refractivity contribution is 0.666. The molecule has 0 radical (unpaired) electrons. The Labute approximate surface area is 131 Å². The number of hydrogen-bond donors (Lipinski definition) is 0. The average molecular weight is 297 g/mol. The fourth-order valence-electron chi connectivity index (χ4n) is 3.10. The Balaban J connectivity index is 1.96. The van der Waals surface area contributed by atoms with Crippen LogP contribution in [0.2, 0.25) is 0 Å². The second-order valence-electron chi connectivity index (χ2n) is 5.40. The highest BCUT2D eigenvalue weighted by molar-refractivity contribution is 6.13. The molecule has 0 fully saturated rings. The lowest BCUT2D eigenvalue weighted by Crippen LogP contribution is -1.86. The number of para-hydroxylation sites is 1. The Morgan fingerprint density at radius 2 is 1.61 bits per heavy atom. The Kier molecular flexibility index (Phi) is 2.46. The Morgan fingerprint density at radius 1 is 0.739 bits per heavy atom.